The average Bonchev–Trinajstić information content (AvgIpc) is 2.46. The maximum absolute atomic E-state index is 12.3. The Labute approximate surface area is 142 Å². The van der Waals surface area contributed by atoms with Crippen molar-refractivity contribution in [1.82, 2.24) is 0 Å². The van der Waals surface area contributed by atoms with Crippen molar-refractivity contribution in [3.63, 3.8) is 0 Å². The SMILES string of the molecule is COc1ccc(C)cc1NC(=O)CSc1c(C)cc(C)cc1C. The van der Waals surface area contributed by atoms with Gasteiger partial charge in [0.25, 0.3) is 0 Å². The zero-order chi connectivity index (χ0) is 17.0. The molecular weight excluding hydrogens is 306 g/mol. The van der Waals surface area contributed by atoms with Gasteiger partial charge < -0.3 is 10.1 Å². The van der Waals surface area contributed by atoms with Crippen LogP contribution in [0.25, 0.3) is 0 Å². The highest BCUT2D eigenvalue weighted by Gasteiger charge is 2.11. The molecule has 0 fully saturated rings. The van der Waals surface area contributed by atoms with Gasteiger partial charge in [-0.3, -0.25) is 4.79 Å². The topological polar surface area (TPSA) is 38.3 Å². The molecule has 23 heavy (non-hydrogen) atoms. The number of carbonyl (C=O) groups is 1. The lowest BCUT2D eigenvalue weighted by Crippen LogP contribution is -2.15. The van der Waals surface area contributed by atoms with E-state index in [1.54, 1.807) is 18.9 Å². The Kier molecular flexibility index (Phi) is 5.72. The number of carbonyl (C=O) groups excluding carboxylic acids is 1. The number of benzene rings is 2. The molecule has 1 N–H and O–H groups in total. The number of ether oxygens (including phenoxy) is 1. The quantitative estimate of drug-likeness (QED) is 0.811. The van der Waals surface area contributed by atoms with Gasteiger partial charge in [0.05, 0.1) is 18.6 Å². The minimum absolute atomic E-state index is 0.0294. The first-order chi connectivity index (χ1) is 10.9. The molecule has 0 saturated heterocycles. The van der Waals surface area contributed by atoms with Crippen molar-refractivity contribution in [1.29, 1.82) is 0 Å². The number of thioether (sulfide) groups is 1. The number of hydrogen-bond donors (Lipinski definition) is 1. The molecule has 1 amide bonds. The summed E-state index contributed by atoms with van der Waals surface area (Å²) in [6.45, 7) is 8.25. The lowest BCUT2D eigenvalue weighted by Gasteiger charge is -2.13. The first-order valence-electron chi connectivity index (χ1n) is 7.56. The van der Waals surface area contributed by atoms with Crippen molar-refractivity contribution in [2.45, 2.75) is 32.6 Å². The number of amides is 1. The molecule has 0 saturated carbocycles. The van der Waals surface area contributed by atoms with Crippen molar-refractivity contribution in [2.75, 3.05) is 18.2 Å². The van der Waals surface area contributed by atoms with Crippen LogP contribution in [0.1, 0.15) is 22.3 Å². The van der Waals surface area contributed by atoms with Crippen molar-refractivity contribution < 1.29 is 9.53 Å². The van der Waals surface area contributed by atoms with E-state index in [0.717, 1.165) is 11.3 Å². The normalized spacial score (nSPS) is 10.5. The van der Waals surface area contributed by atoms with E-state index in [2.05, 4.69) is 38.2 Å². The highest BCUT2D eigenvalue weighted by molar-refractivity contribution is 8.00. The highest BCUT2D eigenvalue weighted by atomic mass is 32.2. The minimum Gasteiger partial charge on any atom is -0.495 e. The van der Waals surface area contributed by atoms with Crippen molar-refractivity contribution in [3.05, 3.63) is 52.6 Å². The Morgan fingerprint density at radius 1 is 1.04 bits per heavy atom. The highest BCUT2D eigenvalue weighted by Crippen LogP contribution is 2.29. The number of nitrogens with one attached hydrogen (secondary N) is 1. The van der Waals surface area contributed by atoms with Crippen LogP contribution in [0.4, 0.5) is 5.69 Å². The molecule has 4 heteroatoms. The summed E-state index contributed by atoms with van der Waals surface area (Å²) in [5.41, 5.74) is 5.48. The summed E-state index contributed by atoms with van der Waals surface area (Å²) < 4.78 is 5.29. The van der Waals surface area contributed by atoms with Gasteiger partial charge in [0.1, 0.15) is 5.75 Å². The van der Waals surface area contributed by atoms with E-state index in [0.29, 0.717) is 11.5 Å². The summed E-state index contributed by atoms with van der Waals surface area (Å²) in [4.78, 5) is 13.4. The van der Waals surface area contributed by atoms with Gasteiger partial charge in [0, 0.05) is 4.90 Å². The molecule has 0 aromatic heterocycles. The van der Waals surface area contributed by atoms with Crippen LogP contribution in [0.5, 0.6) is 5.75 Å². The van der Waals surface area contributed by atoms with Crippen molar-refractivity contribution in [3.8, 4) is 5.75 Å². The fourth-order valence-electron chi connectivity index (χ4n) is 2.64. The van der Waals surface area contributed by atoms with E-state index in [1.807, 2.05) is 25.1 Å². The van der Waals surface area contributed by atoms with Gasteiger partial charge in [-0.15, -0.1) is 11.8 Å². The molecule has 0 radical (unpaired) electrons. The van der Waals surface area contributed by atoms with Crippen LogP contribution in [0.15, 0.2) is 35.2 Å². The molecule has 2 aromatic rings. The fraction of sp³-hybridized carbons (Fsp3) is 0.316. The van der Waals surface area contributed by atoms with E-state index in [4.69, 9.17) is 4.74 Å². The monoisotopic (exact) mass is 329 g/mol. The lowest BCUT2D eigenvalue weighted by atomic mass is 10.1. The van der Waals surface area contributed by atoms with Crippen LogP contribution in [-0.2, 0) is 4.79 Å². The first kappa shape index (κ1) is 17.4. The second-order valence-electron chi connectivity index (χ2n) is 5.77. The second kappa shape index (κ2) is 7.55. The van der Waals surface area contributed by atoms with Crippen LogP contribution in [-0.4, -0.2) is 18.8 Å². The Balaban J connectivity index is 2.05. The molecule has 0 spiro atoms. The Morgan fingerprint density at radius 3 is 2.30 bits per heavy atom. The predicted octanol–water partition coefficient (Wildman–Crippen LogP) is 4.66. The van der Waals surface area contributed by atoms with Gasteiger partial charge in [-0.05, 0) is 56.5 Å². The van der Waals surface area contributed by atoms with Crippen molar-refractivity contribution >= 4 is 23.4 Å². The fourth-order valence-corrected chi connectivity index (χ4v) is 3.56. The number of anilines is 1. The summed E-state index contributed by atoms with van der Waals surface area (Å²) in [7, 11) is 1.61. The molecule has 2 aromatic carbocycles. The van der Waals surface area contributed by atoms with Gasteiger partial charge in [-0.25, -0.2) is 0 Å². The Bertz CT molecular complexity index is 702. The van der Waals surface area contributed by atoms with Gasteiger partial charge >= 0.3 is 0 Å². The molecule has 0 unspecified atom stereocenters. The molecule has 122 valence electrons. The summed E-state index contributed by atoms with van der Waals surface area (Å²) >= 11 is 1.57. The van der Waals surface area contributed by atoms with Crippen LogP contribution >= 0.6 is 11.8 Å². The van der Waals surface area contributed by atoms with E-state index < -0.39 is 0 Å². The largest absolute Gasteiger partial charge is 0.495 e. The molecule has 3 nitrogen and oxygen atoms in total. The number of aryl methyl sites for hydroxylation is 4. The average molecular weight is 329 g/mol. The van der Waals surface area contributed by atoms with Crippen LogP contribution in [0.3, 0.4) is 0 Å². The first-order valence-corrected chi connectivity index (χ1v) is 8.54. The molecule has 0 bridgehead atoms. The third-order valence-corrected chi connectivity index (χ3v) is 4.92. The zero-order valence-corrected chi connectivity index (χ0v) is 15.1. The number of methoxy groups -OCH3 is 1. The molecule has 0 atom stereocenters. The molecule has 0 aliphatic rings. The predicted molar refractivity (Wildman–Crippen MR) is 97.7 cm³/mol. The van der Waals surface area contributed by atoms with Crippen LogP contribution in [0, 0.1) is 27.7 Å². The molecule has 0 aliphatic heterocycles. The molecule has 2 rings (SSSR count). The molecule has 0 heterocycles. The maximum atomic E-state index is 12.3. The van der Waals surface area contributed by atoms with Gasteiger partial charge in [-0.2, -0.15) is 0 Å². The lowest BCUT2D eigenvalue weighted by molar-refractivity contribution is -0.113. The third-order valence-electron chi connectivity index (χ3n) is 3.58. The number of rotatable bonds is 5. The van der Waals surface area contributed by atoms with E-state index in [-0.39, 0.29) is 5.91 Å². The molecular formula is C19H23NO2S. The van der Waals surface area contributed by atoms with Crippen LogP contribution in [0.2, 0.25) is 0 Å². The van der Waals surface area contributed by atoms with E-state index >= 15 is 0 Å². The minimum atomic E-state index is -0.0294. The van der Waals surface area contributed by atoms with Gasteiger partial charge in [-0.1, -0.05) is 23.8 Å². The third kappa shape index (κ3) is 4.52. The Morgan fingerprint density at radius 2 is 1.70 bits per heavy atom. The number of hydrogen-bond acceptors (Lipinski definition) is 3. The van der Waals surface area contributed by atoms with E-state index in [1.165, 1.54) is 21.6 Å². The maximum Gasteiger partial charge on any atom is 0.234 e. The summed E-state index contributed by atoms with van der Waals surface area (Å²) in [6, 6.07) is 10.0. The Hall–Kier alpha value is -1.94. The van der Waals surface area contributed by atoms with E-state index in [9.17, 15) is 4.79 Å². The molecule has 0 aliphatic carbocycles. The van der Waals surface area contributed by atoms with Gasteiger partial charge in [0.15, 0.2) is 0 Å². The van der Waals surface area contributed by atoms with Crippen LogP contribution < -0.4 is 10.1 Å². The zero-order valence-electron chi connectivity index (χ0n) is 14.3. The smallest absolute Gasteiger partial charge is 0.234 e. The summed E-state index contributed by atoms with van der Waals surface area (Å²) in [5, 5.41) is 2.94. The second-order valence-corrected chi connectivity index (χ2v) is 6.75. The standard InChI is InChI=1S/C19H23NO2S/c1-12-6-7-17(22-5)16(10-12)20-18(21)11-23-19-14(3)8-13(2)9-15(19)4/h6-10H,11H2,1-5H3,(H,20,21). The summed E-state index contributed by atoms with van der Waals surface area (Å²) in [5.74, 6) is 1.02. The van der Waals surface area contributed by atoms with Gasteiger partial charge in [0.2, 0.25) is 5.91 Å². The van der Waals surface area contributed by atoms with Crippen molar-refractivity contribution in [2.24, 2.45) is 0 Å². The summed E-state index contributed by atoms with van der Waals surface area (Å²) in [6.07, 6.45) is 0.